The Morgan fingerprint density at radius 2 is 2.06 bits per heavy atom. The number of hydrogen-bond acceptors (Lipinski definition) is 9. The molecule has 2 amide bonds. The van der Waals surface area contributed by atoms with Crippen LogP contribution < -0.4 is 5.32 Å². The van der Waals surface area contributed by atoms with Crippen molar-refractivity contribution in [2.24, 2.45) is 0 Å². The van der Waals surface area contributed by atoms with E-state index < -0.39 is 23.4 Å². The van der Waals surface area contributed by atoms with Crippen LogP contribution in [0.3, 0.4) is 0 Å². The van der Waals surface area contributed by atoms with E-state index in [0.29, 0.717) is 65.8 Å². The number of ether oxygens (including phenoxy) is 2. The van der Waals surface area contributed by atoms with Crippen LogP contribution in [0, 0.1) is 5.82 Å². The van der Waals surface area contributed by atoms with Crippen LogP contribution in [0.25, 0.3) is 16.9 Å². The van der Waals surface area contributed by atoms with Crippen molar-refractivity contribution in [2.75, 3.05) is 31.6 Å². The van der Waals surface area contributed by atoms with Crippen LogP contribution >= 0.6 is 0 Å². The fourth-order valence-electron chi connectivity index (χ4n) is 6.81. The molecule has 47 heavy (non-hydrogen) atoms. The van der Waals surface area contributed by atoms with E-state index >= 15 is 0 Å². The Morgan fingerprint density at radius 3 is 2.79 bits per heavy atom. The lowest BCUT2D eigenvalue weighted by Crippen LogP contribution is -2.37. The van der Waals surface area contributed by atoms with E-state index in [4.69, 9.17) is 14.5 Å². The number of imide groups is 1. The van der Waals surface area contributed by atoms with Gasteiger partial charge in [-0.1, -0.05) is 19.1 Å². The number of halogens is 1. The van der Waals surface area contributed by atoms with Gasteiger partial charge in [-0.2, -0.15) is 0 Å². The third kappa shape index (κ3) is 5.97. The normalized spacial score (nSPS) is 21.5. The topological polar surface area (TPSA) is 122 Å². The lowest BCUT2D eigenvalue weighted by Gasteiger charge is -2.27. The van der Waals surface area contributed by atoms with E-state index in [0.717, 1.165) is 35.5 Å². The summed E-state index contributed by atoms with van der Waals surface area (Å²) in [6, 6.07) is 10.3. The summed E-state index contributed by atoms with van der Waals surface area (Å²) in [4.78, 5) is 40.0. The van der Waals surface area contributed by atoms with Crippen molar-refractivity contribution < 1.29 is 28.6 Å². The first kappa shape index (κ1) is 31.2. The molecule has 6 heterocycles. The molecule has 4 aromatic rings. The number of hydrogen-bond donors (Lipinski definition) is 2. The van der Waals surface area contributed by atoms with E-state index in [-0.39, 0.29) is 18.1 Å². The molecular formula is C35H39FN6O5. The van der Waals surface area contributed by atoms with E-state index in [1.54, 1.807) is 43.6 Å². The quantitative estimate of drug-likeness (QED) is 0.284. The SMILES string of the molecule is CC(C)(C)OC(=O)N1Cc2c(-c3cnc4cc(F)ccn34)ccc(Nc3ccc([C@@]4(C)CCOC4)c(CN4CC[C@H](O)C4)n3)c2C1=O. The van der Waals surface area contributed by atoms with Gasteiger partial charge in [-0.15, -0.1) is 0 Å². The first-order valence-electron chi connectivity index (χ1n) is 16.0. The Bertz CT molecular complexity index is 1880. The van der Waals surface area contributed by atoms with Crippen molar-refractivity contribution in [3.8, 4) is 11.3 Å². The van der Waals surface area contributed by atoms with Crippen LogP contribution in [0.1, 0.15) is 67.7 Å². The predicted octanol–water partition coefficient (Wildman–Crippen LogP) is 5.41. The molecule has 2 atom stereocenters. The second kappa shape index (κ2) is 11.7. The molecule has 0 radical (unpaired) electrons. The molecule has 12 heteroatoms. The van der Waals surface area contributed by atoms with E-state index in [9.17, 15) is 19.1 Å². The van der Waals surface area contributed by atoms with Gasteiger partial charge in [0.05, 0.1) is 48.1 Å². The second-order valence-electron chi connectivity index (χ2n) is 14.0. The zero-order valence-corrected chi connectivity index (χ0v) is 27.0. The lowest BCUT2D eigenvalue weighted by atomic mass is 9.81. The van der Waals surface area contributed by atoms with Gasteiger partial charge in [0.2, 0.25) is 0 Å². The lowest BCUT2D eigenvalue weighted by molar-refractivity contribution is 0.0248. The van der Waals surface area contributed by atoms with Gasteiger partial charge in [-0.05, 0) is 62.9 Å². The van der Waals surface area contributed by atoms with Crippen LogP contribution in [0.4, 0.5) is 20.7 Å². The van der Waals surface area contributed by atoms with Crippen LogP contribution in [0.15, 0.2) is 48.8 Å². The zero-order valence-electron chi connectivity index (χ0n) is 27.0. The van der Waals surface area contributed by atoms with Crippen LogP contribution in [0.2, 0.25) is 0 Å². The molecule has 7 rings (SSSR count). The highest BCUT2D eigenvalue weighted by Crippen LogP contribution is 2.40. The number of amides is 2. The van der Waals surface area contributed by atoms with Crippen molar-refractivity contribution >= 4 is 29.2 Å². The molecule has 11 nitrogen and oxygen atoms in total. The molecule has 3 aliphatic heterocycles. The highest BCUT2D eigenvalue weighted by atomic mass is 19.1. The molecular weight excluding hydrogens is 603 g/mol. The number of rotatable bonds is 6. The molecule has 0 saturated carbocycles. The molecule has 2 N–H and O–H groups in total. The molecule has 0 unspecified atom stereocenters. The van der Waals surface area contributed by atoms with Gasteiger partial charge >= 0.3 is 6.09 Å². The number of nitrogens with one attached hydrogen (secondary N) is 1. The van der Waals surface area contributed by atoms with Gasteiger partial charge in [-0.3, -0.25) is 14.1 Å². The number of aliphatic hydroxyl groups is 1. The Hall–Kier alpha value is -4.39. The summed E-state index contributed by atoms with van der Waals surface area (Å²) in [6.07, 6.45) is 3.75. The van der Waals surface area contributed by atoms with Crippen molar-refractivity contribution in [1.82, 2.24) is 24.2 Å². The highest BCUT2D eigenvalue weighted by Gasteiger charge is 2.39. The largest absolute Gasteiger partial charge is 0.443 e. The number of carbonyl (C=O) groups excluding carboxylic acids is 2. The zero-order chi connectivity index (χ0) is 33.1. The number of β-amino-alcohol motifs (C(OH)–C–C–N with tert-alkyl or cyclic N) is 1. The number of aliphatic hydroxyl groups excluding tert-OH is 1. The Morgan fingerprint density at radius 1 is 1.23 bits per heavy atom. The maximum absolute atomic E-state index is 14.0. The molecule has 246 valence electrons. The monoisotopic (exact) mass is 642 g/mol. The molecule has 0 spiro atoms. The number of nitrogens with zero attached hydrogens (tertiary/aromatic N) is 5. The van der Waals surface area contributed by atoms with Crippen molar-refractivity contribution in [3.05, 3.63) is 77.0 Å². The highest BCUT2D eigenvalue weighted by molar-refractivity contribution is 6.11. The molecule has 3 aromatic heterocycles. The summed E-state index contributed by atoms with van der Waals surface area (Å²) in [5.74, 6) is -0.342. The van der Waals surface area contributed by atoms with E-state index in [1.165, 1.54) is 12.1 Å². The third-order valence-electron chi connectivity index (χ3n) is 9.18. The van der Waals surface area contributed by atoms with Crippen molar-refractivity contribution in [1.29, 1.82) is 0 Å². The third-order valence-corrected chi connectivity index (χ3v) is 9.18. The first-order valence-corrected chi connectivity index (χ1v) is 16.0. The van der Waals surface area contributed by atoms with Gasteiger partial charge in [0.25, 0.3) is 5.91 Å². The number of benzene rings is 1. The molecule has 3 aliphatic rings. The van der Waals surface area contributed by atoms with Gasteiger partial charge in [-0.25, -0.2) is 24.1 Å². The minimum absolute atomic E-state index is 0.00435. The standard InChI is InChI=1S/C35H39FN6O5/c1-34(2,3)47-33(45)42-18-24-23(28-16-37-30-15-21(36)9-13-41(28)30)5-7-26(31(24)32(42)44)38-29-8-6-25(35(4)11-14-46-20-35)27(39-29)19-40-12-10-22(43)17-40/h5-9,13,15-16,22,43H,10-12,14,17-20H2,1-4H3,(H,38,39)/t22-,35-/m0/s1. The summed E-state index contributed by atoms with van der Waals surface area (Å²) >= 11 is 0. The van der Waals surface area contributed by atoms with Gasteiger partial charge in [0.1, 0.15) is 22.9 Å². The van der Waals surface area contributed by atoms with E-state index in [1.807, 2.05) is 12.1 Å². The van der Waals surface area contributed by atoms with Gasteiger partial charge in [0.15, 0.2) is 0 Å². The van der Waals surface area contributed by atoms with Crippen molar-refractivity contribution in [3.63, 3.8) is 0 Å². The fraction of sp³-hybridized carbons (Fsp3) is 0.429. The molecule has 1 aromatic carbocycles. The Labute approximate surface area is 272 Å². The second-order valence-corrected chi connectivity index (χ2v) is 14.0. The maximum atomic E-state index is 14.0. The molecule has 2 fully saturated rings. The smallest absolute Gasteiger partial charge is 0.417 e. The minimum Gasteiger partial charge on any atom is -0.443 e. The molecule has 0 bridgehead atoms. The average molecular weight is 643 g/mol. The number of fused-ring (bicyclic) bond motifs is 2. The minimum atomic E-state index is -0.795. The summed E-state index contributed by atoms with van der Waals surface area (Å²) in [5, 5.41) is 13.6. The number of imidazole rings is 1. The number of carbonyl (C=O) groups is 2. The van der Waals surface area contributed by atoms with Crippen molar-refractivity contribution in [2.45, 2.75) is 70.7 Å². The predicted molar refractivity (Wildman–Crippen MR) is 173 cm³/mol. The van der Waals surface area contributed by atoms with Gasteiger partial charge in [0, 0.05) is 49.5 Å². The summed E-state index contributed by atoms with van der Waals surface area (Å²) in [5.41, 5.74) is 4.25. The summed E-state index contributed by atoms with van der Waals surface area (Å²) < 4.78 is 27.1. The Kier molecular flexibility index (Phi) is 7.77. The van der Waals surface area contributed by atoms with Gasteiger partial charge < -0.3 is 19.9 Å². The summed E-state index contributed by atoms with van der Waals surface area (Å²) in [7, 11) is 0. The number of likely N-dealkylation sites (tertiary alicyclic amines) is 1. The Balaban J connectivity index is 1.29. The van der Waals surface area contributed by atoms with Crippen LogP contribution in [-0.4, -0.2) is 79.3 Å². The van der Waals surface area contributed by atoms with Crippen LogP contribution in [0.5, 0.6) is 0 Å². The summed E-state index contributed by atoms with van der Waals surface area (Å²) in [6.45, 7) is 10.7. The number of anilines is 2. The number of aromatic nitrogens is 3. The van der Waals surface area contributed by atoms with E-state index in [2.05, 4.69) is 28.2 Å². The molecule has 2 saturated heterocycles. The average Bonchev–Trinajstić information content (AvgIpc) is 3.80. The van der Waals surface area contributed by atoms with Crippen LogP contribution in [-0.2, 0) is 28.0 Å². The number of pyridine rings is 2. The fourth-order valence-corrected chi connectivity index (χ4v) is 6.81. The molecule has 0 aliphatic carbocycles. The maximum Gasteiger partial charge on any atom is 0.417 e. The first-order chi connectivity index (χ1) is 22.4.